The van der Waals surface area contributed by atoms with Crippen LogP contribution in [0, 0.1) is 3.82 Å². The SMILES string of the molecule is CC1=C(CCCCCCCCCC(=O)Nc2ccc(-c3cc(=S)ss3)cc2)C(=O)c2ccccc2C1=O. The van der Waals surface area contributed by atoms with Gasteiger partial charge in [-0.15, -0.1) is 0 Å². The van der Waals surface area contributed by atoms with Gasteiger partial charge in [-0.05, 0) is 49.9 Å². The summed E-state index contributed by atoms with van der Waals surface area (Å²) in [6.45, 7) is 1.78. The van der Waals surface area contributed by atoms with Gasteiger partial charge in [-0.1, -0.05) is 101 Å². The lowest BCUT2D eigenvalue weighted by molar-refractivity contribution is -0.116. The van der Waals surface area contributed by atoms with Gasteiger partial charge in [-0.3, -0.25) is 14.4 Å². The molecule has 0 unspecified atom stereocenters. The third kappa shape index (κ3) is 7.18. The number of unbranched alkanes of at least 4 members (excludes halogenated alkanes) is 6. The van der Waals surface area contributed by atoms with Crippen LogP contribution >= 0.6 is 32.9 Å². The van der Waals surface area contributed by atoms with Crippen LogP contribution in [-0.4, -0.2) is 17.5 Å². The van der Waals surface area contributed by atoms with Crippen LogP contribution in [0.3, 0.4) is 0 Å². The van der Waals surface area contributed by atoms with Crippen molar-refractivity contribution in [3.8, 4) is 10.4 Å². The summed E-state index contributed by atoms with van der Waals surface area (Å²) >= 11 is 5.20. The summed E-state index contributed by atoms with van der Waals surface area (Å²) in [6, 6.07) is 17.0. The summed E-state index contributed by atoms with van der Waals surface area (Å²) < 4.78 is 0.894. The number of carbonyl (C=O) groups is 3. The predicted octanol–water partition coefficient (Wildman–Crippen LogP) is 9.05. The van der Waals surface area contributed by atoms with E-state index < -0.39 is 0 Å². The Labute approximate surface area is 230 Å². The van der Waals surface area contributed by atoms with Gasteiger partial charge in [0, 0.05) is 39.3 Å². The maximum Gasteiger partial charge on any atom is 0.224 e. The molecule has 37 heavy (non-hydrogen) atoms. The number of allylic oxidation sites excluding steroid dienone is 2. The molecule has 0 fully saturated rings. The van der Waals surface area contributed by atoms with Gasteiger partial charge >= 0.3 is 0 Å². The summed E-state index contributed by atoms with van der Waals surface area (Å²) in [5, 5.41) is 2.98. The first-order chi connectivity index (χ1) is 17.9. The molecule has 0 saturated heterocycles. The topological polar surface area (TPSA) is 63.2 Å². The second-order valence-corrected chi connectivity index (χ2v) is 12.3. The third-order valence-corrected chi connectivity index (χ3v) is 9.64. The van der Waals surface area contributed by atoms with Crippen molar-refractivity contribution in [3.05, 3.63) is 80.7 Å². The van der Waals surface area contributed by atoms with Crippen molar-refractivity contribution in [2.75, 3.05) is 5.32 Å². The molecule has 3 aromatic rings. The van der Waals surface area contributed by atoms with E-state index in [1.807, 2.05) is 36.4 Å². The Bertz CT molecular complexity index is 1360. The number of rotatable bonds is 12. The van der Waals surface area contributed by atoms with E-state index in [4.69, 9.17) is 12.2 Å². The molecule has 1 N–H and O–H groups in total. The summed E-state index contributed by atoms with van der Waals surface area (Å²) in [6.07, 6.45) is 8.36. The van der Waals surface area contributed by atoms with Crippen molar-refractivity contribution in [2.24, 2.45) is 0 Å². The molecule has 7 heteroatoms. The van der Waals surface area contributed by atoms with Gasteiger partial charge in [0.1, 0.15) is 3.82 Å². The fourth-order valence-electron chi connectivity index (χ4n) is 4.64. The lowest BCUT2D eigenvalue weighted by Gasteiger charge is -2.18. The minimum atomic E-state index is -0.0172. The molecule has 0 radical (unpaired) electrons. The Morgan fingerprint density at radius 3 is 2.08 bits per heavy atom. The second kappa shape index (κ2) is 13.2. The normalized spacial score (nSPS) is 13.1. The van der Waals surface area contributed by atoms with E-state index in [2.05, 4.69) is 5.32 Å². The van der Waals surface area contributed by atoms with Crippen molar-refractivity contribution in [3.63, 3.8) is 0 Å². The molecular formula is C30H31NO3S3. The van der Waals surface area contributed by atoms with E-state index in [1.165, 1.54) is 0 Å². The van der Waals surface area contributed by atoms with Crippen molar-refractivity contribution in [2.45, 2.75) is 64.7 Å². The lowest BCUT2D eigenvalue weighted by atomic mass is 9.82. The molecule has 0 bridgehead atoms. The Morgan fingerprint density at radius 2 is 1.43 bits per heavy atom. The van der Waals surface area contributed by atoms with Crippen molar-refractivity contribution in [1.82, 2.24) is 0 Å². The number of fused-ring (bicyclic) bond motifs is 1. The Balaban J connectivity index is 1.08. The molecule has 1 heterocycles. The number of amides is 1. The zero-order valence-corrected chi connectivity index (χ0v) is 23.5. The number of nitrogens with one attached hydrogen (secondary N) is 1. The highest BCUT2D eigenvalue weighted by atomic mass is 32.9. The Kier molecular flexibility index (Phi) is 9.72. The molecule has 1 amide bonds. The first-order valence-electron chi connectivity index (χ1n) is 12.8. The van der Waals surface area contributed by atoms with Crippen LogP contribution in [0.2, 0.25) is 0 Å². The van der Waals surface area contributed by atoms with Gasteiger partial charge in [0.05, 0.1) is 0 Å². The van der Waals surface area contributed by atoms with Crippen molar-refractivity contribution in [1.29, 1.82) is 0 Å². The molecule has 1 aliphatic carbocycles. The molecule has 0 saturated carbocycles. The quantitative estimate of drug-likeness (QED) is 0.139. The number of anilines is 1. The monoisotopic (exact) mass is 549 g/mol. The van der Waals surface area contributed by atoms with Gasteiger partial charge in [0.15, 0.2) is 11.6 Å². The van der Waals surface area contributed by atoms with Gasteiger partial charge in [-0.25, -0.2) is 0 Å². The van der Waals surface area contributed by atoms with E-state index in [0.29, 0.717) is 35.1 Å². The summed E-state index contributed by atoms with van der Waals surface area (Å²) in [7, 11) is 3.27. The van der Waals surface area contributed by atoms with Gasteiger partial charge < -0.3 is 5.32 Å². The zero-order valence-electron chi connectivity index (χ0n) is 21.0. The minimum Gasteiger partial charge on any atom is -0.326 e. The molecule has 192 valence electrons. The maximum atomic E-state index is 12.8. The van der Waals surface area contributed by atoms with Gasteiger partial charge in [0.25, 0.3) is 0 Å². The number of hydrogen-bond acceptors (Lipinski definition) is 6. The number of hydrogen-bond donors (Lipinski definition) is 1. The Morgan fingerprint density at radius 1 is 0.811 bits per heavy atom. The fraction of sp³-hybridized carbons (Fsp3) is 0.333. The van der Waals surface area contributed by atoms with E-state index in [0.717, 1.165) is 64.9 Å². The molecule has 1 aliphatic rings. The summed E-state index contributed by atoms with van der Waals surface area (Å²) in [5.74, 6) is 0.0446. The van der Waals surface area contributed by atoms with E-state index in [1.54, 1.807) is 45.8 Å². The first-order valence-corrected chi connectivity index (χ1v) is 15.4. The van der Waals surface area contributed by atoms with E-state index >= 15 is 0 Å². The number of ketones is 2. The van der Waals surface area contributed by atoms with Crippen LogP contribution < -0.4 is 5.32 Å². The van der Waals surface area contributed by atoms with Crippen LogP contribution in [0.4, 0.5) is 5.69 Å². The van der Waals surface area contributed by atoms with E-state index in [9.17, 15) is 14.4 Å². The molecule has 4 nitrogen and oxygen atoms in total. The molecule has 1 aromatic heterocycles. The fourth-order valence-corrected chi connectivity index (χ4v) is 7.04. The molecule has 0 spiro atoms. The van der Waals surface area contributed by atoms with E-state index in [-0.39, 0.29) is 17.5 Å². The van der Waals surface area contributed by atoms with Crippen LogP contribution in [-0.2, 0) is 4.79 Å². The number of Topliss-reactive ketones (excluding diaryl/α,β-unsaturated/α-hetero) is 2. The zero-order chi connectivity index (χ0) is 26.2. The largest absolute Gasteiger partial charge is 0.326 e. The average molecular weight is 550 g/mol. The van der Waals surface area contributed by atoms with Crippen LogP contribution in [0.25, 0.3) is 10.4 Å². The summed E-state index contributed by atoms with van der Waals surface area (Å²) in [5.41, 5.74) is 4.29. The molecule has 0 aliphatic heterocycles. The number of carbonyl (C=O) groups excluding carboxylic acids is 3. The molecule has 2 aromatic carbocycles. The first kappa shape index (κ1) is 27.3. The highest BCUT2D eigenvalue weighted by Gasteiger charge is 2.28. The average Bonchev–Trinajstić information content (AvgIpc) is 3.34. The van der Waals surface area contributed by atoms with Gasteiger partial charge in [0.2, 0.25) is 5.91 Å². The molecule has 4 rings (SSSR count). The smallest absolute Gasteiger partial charge is 0.224 e. The highest BCUT2D eigenvalue weighted by molar-refractivity contribution is 7.80. The van der Waals surface area contributed by atoms with Crippen molar-refractivity contribution >= 4 is 56.1 Å². The van der Waals surface area contributed by atoms with Crippen LogP contribution in [0.1, 0.15) is 85.4 Å². The second-order valence-electron chi connectivity index (χ2n) is 9.40. The lowest BCUT2D eigenvalue weighted by Crippen LogP contribution is -2.20. The Hall–Kier alpha value is -2.74. The highest BCUT2D eigenvalue weighted by Crippen LogP contribution is 2.31. The predicted molar refractivity (Wildman–Crippen MR) is 156 cm³/mol. The standard InChI is InChI=1S/C30H31NO3S3/c1-20-23(30(34)25-13-10-9-12-24(25)29(20)33)11-7-5-3-2-4-6-8-14-27(32)31-22-17-15-21(16-18-22)26-19-28(35)37-36-26/h9-10,12-13,15-19H,2-8,11,14H2,1H3,(H,31,32). The van der Waals surface area contributed by atoms with Crippen LogP contribution in [0.5, 0.6) is 0 Å². The minimum absolute atomic E-state index is 0.0101. The van der Waals surface area contributed by atoms with Crippen LogP contribution in [0.15, 0.2) is 65.7 Å². The third-order valence-electron chi connectivity index (χ3n) is 6.73. The van der Waals surface area contributed by atoms with Gasteiger partial charge in [-0.2, -0.15) is 0 Å². The molecule has 0 atom stereocenters. The molecular weight excluding hydrogens is 519 g/mol. The van der Waals surface area contributed by atoms with Crippen molar-refractivity contribution < 1.29 is 14.4 Å². The number of benzene rings is 2. The summed E-state index contributed by atoms with van der Waals surface area (Å²) in [4.78, 5) is 38.8. The maximum absolute atomic E-state index is 12.8.